The van der Waals surface area contributed by atoms with Gasteiger partial charge in [0.1, 0.15) is 6.10 Å². The van der Waals surface area contributed by atoms with Gasteiger partial charge in [0.05, 0.1) is 11.4 Å². The molecule has 3 rings (SSSR count). The van der Waals surface area contributed by atoms with Gasteiger partial charge in [0.25, 0.3) is 0 Å². The molecule has 0 spiro atoms. The lowest BCUT2D eigenvalue weighted by Crippen LogP contribution is -2.32. The van der Waals surface area contributed by atoms with Crippen molar-refractivity contribution in [2.45, 2.75) is 45.0 Å². The molecule has 0 saturated carbocycles. The minimum Gasteiger partial charge on any atom is -0.370 e. The maximum Gasteiger partial charge on any atom is 0.114 e. The molecule has 21 heavy (non-hydrogen) atoms. The van der Waals surface area contributed by atoms with Crippen molar-refractivity contribution in [1.29, 1.82) is 0 Å². The zero-order valence-corrected chi connectivity index (χ0v) is 12.6. The topological polar surface area (TPSA) is 52.0 Å². The van der Waals surface area contributed by atoms with Crippen molar-refractivity contribution < 1.29 is 4.74 Å². The first-order valence-corrected chi connectivity index (χ1v) is 7.54. The van der Waals surface area contributed by atoms with E-state index in [9.17, 15) is 0 Å². The molecule has 2 aromatic rings. The molecule has 0 radical (unpaired) electrons. The highest BCUT2D eigenvalue weighted by atomic mass is 16.5. The SMILES string of the molecule is CC(C)n1nccc1[C@H]1OCC[C@@H]1NCc1ccccn1. The third-order valence-corrected chi connectivity index (χ3v) is 3.84. The van der Waals surface area contributed by atoms with Gasteiger partial charge < -0.3 is 10.1 Å². The van der Waals surface area contributed by atoms with E-state index in [0.29, 0.717) is 12.1 Å². The second-order valence-electron chi connectivity index (χ2n) is 5.68. The quantitative estimate of drug-likeness (QED) is 0.917. The van der Waals surface area contributed by atoms with E-state index in [-0.39, 0.29) is 6.10 Å². The van der Waals surface area contributed by atoms with Gasteiger partial charge in [-0.15, -0.1) is 0 Å². The lowest BCUT2D eigenvalue weighted by molar-refractivity contribution is 0.0898. The van der Waals surface area contributed by atoms with E-state index in [1.165, 1.54) is 0 Å². The summed E-state index contributed by atoms with van der Waals surface area (Å²) in [5.41, 5.74) is 2.21. The highest BCUT2D eigenvalue weighted by molar-refractivity contribution is 5.11. The Morgan fingerprint density at radius 3 is 3.00 bits per heavy atom. The summed E-state index contributed by atoms with van der Waals surface area (Å²) in [6, 6.07) is 8.70. The van der Waals surface area contributed by atoms with Crippen LogP contribution in [0.25, 0.3) is 0 Å². The Balaban J connectivity index is 1.69. The van der Waals surface area contributed by atoms with Crippen LogP contribution in [0.5, 0.6) is 0 Å². The summed E-state index contributed by atoms with van der Waals surface area (Å²) in [5.74, 6) is 0. The molecule has 1 aliphatic heterocycles. The molecule has 0 bridgehead atoms. The van der Waals surface area contributed by atoms with E-state index in [4.69, 9.17) is 4.74 Å². The summed E-state index contributed by atoms with van der Waals surface area (Å²) in [5, 5.41) is 7.98. The van der Waals surface area contributed by atoms with Crippen LogP contribution in [0.3, 0.4) is 0 Å². The van der Waals surface area contributed by atoms with Gasteiger partial charge in [0.2, 0.25) is 0 Å². The number of nitrogens with one attached hydrogen (secondary N) is 1. The molecule has 5 heteroatoms. The van der Waals surface area contributed by atoms with Crippen molar-refractivity contribution in [1.82, 2.24) is 20.1 Å². The summed E-state index contributed by atoms with van der Waals surface area (Å²) >= 11 is 0. The molecule has 1 fully saturated rings. The number of rotatable bonds is 5. The Labute approximate surface area is 125 Å². The molecule has 112 valence electrons. The van der Waals surface area contributed by atoms with E-state index >= 15 is 0 Å². The minimum absolute atomic E-state index is 0.0682. The fraction of sp³-hybridized carbons (Fsp3) is 0.500. The van der Waals surface area contributed by atoms with Crippen LogP contribution in [-0.2, 0) is 11.3 Å². The van der Waals surface area contributed by atoms with Gasteiger partial charge in [-0.1, -0.05) is 6.07 Å². The van der Waals surface area contributed by atoms with Crippen LogP contribution < -0.4 is 5.32 Å². The Morgan fingerprint density at radius 1 is 1.33 bits per heavy atom. The van der Waals surface area contributed by atoms with Gasteiger partial charge in [0.15, 0.2) is 0 Å². The number of nitrogens with zero attached hydrogens (tertiary/aromatic N) is 3. The molecule has 5 nitrogen and oxygen atoms in total. The van der Waals surface area contributed by atoms with E-state index in [2.05, 4.69) is 35.3 Å². The van der Waals surface area contributed by atoms with Gasteiger partial charge >= 0.3 is 0 Å². The lowest BCUT2D eigenvalue weighted by atomic mass is 10.1. The number of pyridine rings is 1. The second kappa shape index (κ2) is 6.37. The number of hydrogen-bond donors (Lipinski definition) is 1. The van der Waals surface area contributed by atoms with Gasteiger partial charge in [-0.25, -0.2) is 0 Å². The smallest absolute Gasteiger partial charge is 0.114 e. The van der Waals surface area contributed by atoms with Crippen LogP contribution in [0.2, 0.25) is 0 Å². The first-order valence-electron chi connectivity index (χ1n) is 7.54. The molecule has 2 aromatic heterocycles. The van der Waals surface area contributed by atoms with Crippen molar-refractivity contribution in [3.63, 3.8) is 0 Å². The molecular formula is C16H22N4O. The van der Waals surface area contributed by atoms with E-state index in [1.807, 2.05) is 35.3 Å². The Bertz CT molecular complexity index is 567. The normalized spacial score (nSPS) is 22.0. The zero-order chi connectivity index (χ0) is 14.7. The average Bonchev–Trinajstić information content (AvgIpc) is 3.14. The molecule has 3 heterocycles. The van der Waals surface area contributed by atoms with Crippen LogP contribution >= 0.6 is 0 Å². The molecule has 0 aromatic carbocycles. The van der Waals surface area contributed by atoms with Crippen molar-refractivity contribution in [2.75, 3.05) is 6.61 Å². The standard InChI is InChI=1S/C16H22N4O/c1-12(2)20-15(6-9-19-20)16-14(7-10-21-16)18-11-13-5-3-4-8-17-13/h3-6,8-9,12,14,16,18H,7,10-11H2,1-2H3/t14-,16-/m0/s1. The molecule has 0 amide bonds. The Hall–Kier alpha value is -1.72. The van der Waals surface area contributed by atoms with Crippen LogP contribution in [0.15, 0.2) is 36.7 Å². The highest BCUT2D eigenvalue weighted by Gasteiger charge is 2.32. The second-order valence-corrected chi connectivity index (χ2v) is 5.68. The minimum atomic E-state index is 0.0682. The van der Waals surface area contributed by atoms with Gasteiger partial charge in [-0.3, -0.25) is 9.67 Å². The predicted molar refractivity (Wildman–Crippen MR) is 80.8 cm³/mol. The zero-order valence-electron chi connectivity index (χ0n) is 12.6. The fourth-order valence-electron chi connectivity index (χ4n) is 2.81. The number of hydrogen-bond acceptors (Lipinski definition) is 4. The molecular weight excluding hydrogens is 264 g/mol. The first-order chi connectivity index (χ1) is 10.3. The average molecular weight is 286 g/mol. The third-order valence-electron chi connectivity index (χ3n) is 3.84. The first kappa shape index (κ1) is 14.2. The Morgan fingerprint density at radius 2 is 2.24 bits per heavy atom. The van der Waals surface area contributed by atoms with E-state index in [0.717, 1.165) is 31.0 Å². The lowest BCUT2D eigenvalue weighted by Gasteiger charge is -2.22. The Kier molecular flexibility index (Phi) is 4.31. The van der Waals surface area contributed by atoms with Gasteiger partial charge in [0, 0.05) is 37.6 Å². The van der Waals surface area contributed by atoms with E-state index < -0.39 is 0 Å². The summed E-state index contributed by atoms with van der Waals surface area (Å²) < 4.78 is 7.99. The van der Waals surface area contributed by atoms with Crippen LogP contribution in [0.1, 0.15) is 43.8 Å². The summed E-state index contributed by atoms with van der Waals surface area (Å²) in [7, 11) is 0. The predicted octanol–water partition coefficient (Wildman–Crippen LogP) is 2.48. The number of aromatic nitrogens is 3. The summed E-state index contributed by atoms with van der Waals surface area (Å²) in [6.07, 6.45) is 4.76. The monoisotopic (exact) mass is 286 g/mol. The highest BCUT2D eigenvalue weighted by Crippen LogP contribution is 2.30. The molecule has 0 aliphatic carbocycles. The van der Waals surface area contributed by atoms with Crippen molar-refractivity contribution in [3.8, 4) is 0 Å². The maximum absolute atomic E-state index is 5.95. The summed E-state index contributed by atoms with van der Waals surface area (Å²) in [6.45, 7) is 5.83. The van der Waals surface area contributed by atoms with Crippen LogP contribution in [-0.4, -0.2) is 27.4 Å². The molecule has 1 saturated heterocycles. The molecule has 1 N–H and O–H groups in total. The summed E-state index contributed by atoms with van der Waals surface area (Å²) in [4.78, 5) is 4.35. The van der Waals surface area contributed by atoms with Crippen molar-refractivity contribution in [2.24, 2.45) is 0 Å². The molecule has 1 aliphatic rings. The third kappa shape index (κ3) is 3.14. The molecule has 2 atom stereocenters. The molecule has 0 unspecified atom stereocenters. The fourth-order valence-corrected chi connectivity index (χ4v) is 2.81. The number of ether oxygens (including phenoxy) is 1. The van der Waals surface area contributed by atoms with Gasteiger partial charge in [-0.05, 0) is 38.5 Å². The van der Waals surface area contributed by atoms with Crippen molar-refractivity contribution >= 4 is 0 Å². The largest absolute Gasteiger partial charge is 0.370 e. The van der Waals surface area contributed by atoms with Crippen LogP contribution in [0, 0.1) is 0 Å². The van der Waals surface area contributed by atoms with Gasteiger partial charge in [-0.2, -0.15) is 5.10 Å². The van der Waals surface area contributed by atoms with Crippen molar-refractivity contribution in [3.05, 3.63) is 48.0 Å². The van der Waals surface area contributed by atoms with Crippen LogP contribution in [0.4, 0.5) is 0 Å². The maximum atomic E-state index is 5.95. The van der Waals surface area contributed by atoms with E-state index in [1.54, 1.807) is 0 Å².